The Morgan fingerprint density at radius 2 is 2.07 bits per heavy atom. The van der Waals surface area contributed by atoms with Crippen molar-refractivity contribution in [3.8, 4) is 0 Å². The summed E-state index contributed by atoms with van der Waals surface area (Å²) in [5.74, 6) is -1.05. The van der Waals surface area contributed by atoms with Gasteiger partial charge in [0, 0.05) is 6.42 Å². The number of aliphatic carboxylic acids is 1. The molecule has 0 aromatic rings. The third kappa shape index (κ3) is 7.93. The maximum absolute atomic E-state index is 10.9. The van der Waals surface area contributed by atoms with E-state index in [0.717, 1.165) is 12.8 Å². The number of carbonyl (C=O) groups is 2. The number of carbonyl (C=O) groups excluding carboxylic acids is 1. The van der Waals surface area contributed by atoms with Crippen molar-refractivity contribution in [3.05, 3.63) is 0 Å². The van der Waals surface area contributed by atoms with Crippen LogP contribution in [-0.4, -0.2) is 36.2 Å². The third-order valence-electron chi connectivity index (χ3n) is 1.93. The monoisotopic (exact) mass is 217 g/mol. The highest BCUT2D eigenvalue weighted by molar-refractivity contribution is 5.72. The number of hydrogen-bond donors (Lipinski definition) is 2. The van der Waals surface area contributed by atoms with Crippen molar-refractivity contribution in [1.82, 2.24) is 5.32 Å². The molecule has 0 saturated heterocycles. The molecule has 88 valence electrons. The van der Waals surface area contributed by atoms with E-state index in [9.17, 15) is 9.59 Å². The molecule has 0 aliphatic carbocycles. The first kappa shape index (κ1) is 13.9. The lowest BCUT2D eigenvalue weighted by Gasteiger charge is -2.08. The van der Waals surface area contributed by atoms with Crippen LogP contribution in [0, 0.1) is 0 Å². The molecule has 0 radical (unpaired) electrons. The Morgan fingerprint density at radius 1 is 1.40 bits per heavy atom. The predicted molar refractivity (Wildman–Crippen MR) is 55.6 cm³/mol. The Labute approximate surface area is 89.8 Å². The molecule has 0 bridgehead atoms. The molecule has 0 heterocycles. The summed E-state index contributed by atoms with van der Waals surface area (Å²) < 4.78 is 4.75. The van der Waals surface area contributed by atoms with Gasteiger partial charge in [-0.3, -0.25) is 9.59 Å². The highest BCUT2D eigenvalue weighted by Gasteiger charge is 2.08. The predicted octanol–water partition coefficient (Wildman–Crippen LogP) is 0.782. The van der Waals surface area contributed by atoms with E-state index in [1.54, 1.807) is 13.8 Å². The van der Waals surface area contributed by atoms with Gasteiger partial charge in [0.2, 0.25) is 0 Å². The highest BCUT2D eigenvalue weighted by Crippen LogP contribution is 1.97. The van der Waals surface area contributed by atoms with Gasteiger partial charge in [-0.15, -0.1) is 0 Å². The molecule has 0 fully saturated rings. The Morgan fingerprint density at radius 3 is 2.60 bits per heavy atom. The van der Waals surface area contributed by atoms with Gasteiger partial charge in [-0.25, -0.2) is 0 Å². The molecule has 1 atom stereocenters. The summed E-state index contributed by atoms with van der Waals surface area (Å²) in [5.41, 5.74) is 0. The van der Waals surface area contributed by atoms with Crippen LogP contribution >= 0.6 is 0 Å². The number of unbranched alkanes of at least 4 members (excludes halogenated alkanes) is 1. The molecule has 5 heteroatoms. The molecular formula is C10H19NO4. The number of carboxylic acid groups (broad SMARTS) is 1. The van der Waals surface area contributed by atoms with Gasteiger partial charge in [-0.1, -0.05) is 0 Å². The summed E-state index contributed by atoms with van der Waals surface area (Å²) in [6.45, 7) is 4.38. The van der Waals surface area contributed by atoms with Crippen LogP contribution in [0.4, 0.5) is 0 Å². The number of carboxylic acids is 1. The van der Waals surface area contributed by atoms with E-state index in [1.165, 1.54) is 0 Å². The van der Waals surface area contributed by atoms with Crippen molar-refractivity contribution in [2.75, 3.05) is 13.2 Å². The van der Waals surface area contributed by atoms with Crippen LogP contribution in [0.5, 0.6) is 0 Å². The molecule has 0 rings (SSSR count). The Balaban J connectivity index is 3.32. The maximum atomic E-state index is 10.9. The molecule has 0 aromatic heterocycles. The topological polar surface area (TPSA) is 75.6 Å². The summed E-state index contributed by atoms with van der Waals surface area (Å²) in [6, 6.07) is -0.535. The zero-order valence-corrected chi connectivity index (χ0v) is 9.28. The quantitative estimate of drug-likeness (QED) is 0.464. The highest BCUT2D eigenvalue weighted by atomic mass is 16.5. The molecule has 15 heavy (non-hydrogen) atoms. The average Bonchev–Trinajstić information content (AvgIpc) is 2.17. The second-order valence-corrected chi connectivity index (χ2v) is 3.28. The largest absolute Gasteiger partial charge is 0.480 e. The molecule has 0 aromatic carbocycles. The van der Waals surface area contributed by atoms with Crippen LogP contribution in [-0.2, 0) is 14.3 Å². The first-order chi connectivity index (χ1) is 7.07. The molecule has 5 nitrogen and oxygen atoms in total. The van der Waals surface area contributed by atoms with Gasteiger partial charge in [0.25, 0.3) is 0 Å². The minimum absolute atomic E-state index is 0.191. The summed E-state index contributed by atoms with van der Waals surface area (Å²) in [5, 5.41) is 11.4. The van der Waals surface area contributed by atoms with Crippen molar-refractivity contribution in [1.29, 1.82) is 0 Å². The van der Waals surface area contributed by atoms with Crippen LogP contribution in [0.2, 0.25) is 0 Å². The number of rotatable bonds is 8. The molecule has 0 amide bonds. The summed E-state index contributed by atoms with van der Waals surface area (Å²) in [7, 11) is 0. The van der Waals surface area contributed by atoms with Crippen LogP contribution in [0.3, 0.4) is 0 Å². The van der Waals surface area contributed by atoms with Crippen molar-refractivity contribution in [2.24, 2.45) is 0 Å². The van der Waals surface area contributed by atoms with E-state index < -0.39 is 12.0 Å². The Hall–Kier alpha value is -1.10. The summed E-state index contributed by atoms with van der Waals surface area (Å²) >= 11 is 0. The summed E-state index contributed by atoms with van der Waals surface area (Å²) in [4.78, 5) is 21.3. The summed E-state index contributed by atoms with van der Waals surface area (Å²) in [6.07, 6.45) is 1.89. The van der Waals surface area contributed by atoms with E-state index in [4.69, 9.17) is 9.84 Å². The van der Waals surface area contributed by atoms with E-state index in [2.05, 4.69) is 5.32 Å². The SMILES string of the molecule is CCOC(=O)CCCCNC(C)C(=O)O. The zero-order valence-electron chi connectivity index (χ0n) is 9.28. The van der Waals surface area contributed by atoms with Gasteiger partial charge in [0.15, 0.2) is 0 Å². The Kier molecular flexibility index (Phi) is 7.62. The molecule has 0 aliphatic heterocycles. The lowest BCUT2D eigenvalue weighted by Crippen LogP contribution is -2.34. The van der Waals surface area contributed by atoms with Crippen molar-refractivity contribution < 1.29 is 19.4 Å². The van der Waals surface area contributed by atoms with Crippen LogP contribution in [0.25, 0.3) is 0 Å². The average molecular weight is 217 g/mol. The number of hydrogen-bond acceptors (Lipinski definition) is 4. The van der Waals surface area contributed by atoms with Gasteiger partial charge in [-0.2, -0.15) is 0 Å². The van der Waals surface area contributed by atoms with Crippen LogP contribution in [0.15, 0.2) is 0 Å². The van der Waals surface area contributed by atoms with E-state index in [1.807, 2.05) is 0 Å². The number of nitrogens with one attached hydrogen (secondary N) is 1. The third-order valence-corrected chi connectivity index (χ3v) is 1.93. The first-order valence-corrected chi connectivity index (χ1v) is 5.19. The lowest BCUT2D eigenvalue weighted by molar-refractivity contribution is -0.143. The minimum atomic E-state index is -0.861. The molecule has 0 spiro atoms. The molecular weight excluding hydrogens is 198 g/mol. The lowest BCUT2D eigenvalue weighted by atomic mass is 10.2. The van der Waals surface area contributed by atoms with Crippen LogP contribution in [0.1, 0.15) is 33.1 Å². The smallest absolute Gasteiger partial charge is 0.320 e. The van der Waals surface area contributed by atoms with Gasteiger partial charge >= 0.3 is 11.9 Å². The van der Waals surface area contributed by atoms with Gasteiger partial charge in [0.1, 0.15) is 6.04 Å². The molecule has 0 aliphatic rings. The van der Waals surface area contributed by atoms with E-state index in [-0.39, 0.29) is 5.97 Å². The zero-order chi connectivity index (χ0) is 11.7. The van der Waals surface area contributed by atoms with Gasteiger partial charge < -0.3 is 15.2 Å². The molecule has 2 N–H and O–H groups in total. The minimum Gasteiger partial charge on any atom is -0.480 e. The fraction of sp³-hybridized carbons (Fsp3) is 0.800. The first-order valence-electron chi connectivity index (χ1n) is 5.19. The van der Waals surface area contributed by atoms with E-state index in [0.29, 0.717) is 19.6 Å². The fourth-order valence-corrected chi connectivity index (χ4v) is 1.03. The van der Waals surface area contributed by atoms with E-state index >= 15 is 0 Å². The Bertz CT molecular complexity index is 206. The normalized spacial score (nSPS) is 12.1. The molecule has 0 saturated carbocycles. The second kappa shape index (κ2) is 8.23. The maximum Gasteiger partial charge on any atom is 0.320 e. The molecule has 1 unspecified atom stereocenters. The van der Waals surface area contributed by atoms with Gasteiger partial charge in [0.05, 0.1) is 6.61 Å². The van der Waals surface area contributed by atoms with Crippen molar-refractivity contribution in [2.45, 2.75) is 39.2 Å². The second-order valence-electron chi connectivity index (χ2n) is 3.28. The number of esters is 1. The van der Waals surface area contributed by atoms with Crippen molar-refractivity contribution >= 4 is 11.9 Å². The van der Waals surface area contributed by atoms with Crippen LogP contribution < -0.4 is 5.32 Å². The van der Waals surface area contributed by atoms with Gasteiger partial charge in [-0.05, 0) is 33.2 Å². The fourth-order valence-electron chi connectivity index (χ4n) is 1.03. The van der Waals surface area contributed by atoms with Crippen molar-refractivity contribution in [3.63, 3.8) is 0 Å². The number of ether oxygens (including phenoxy) is 1. The standard InChI is InChI=1S/C10H19NO4/c1-3-15-9(12)6-4-5-7-11-8(2)10(13)14/h8,11H,3-7H2,1-2H3,(H,13,14).